The molecule has 0 saturated carbocycles. The number of hydrogen-bond acceptors (Lipinski definition) is 5. The highest BCUT2D eigenvalue weighted by Gasteiger charge is 2.12. The SMILES string of the molecule is Cc1cc(CN(C)C(=O)COc2ccc(N)cc2)no1. The Hall–Kier alpha value is -2.50. The maximum Gasteiger partial charge on any atom is 0.260 e. The third-order valence-corrected chi connectivity index (χ3v) is 2.74. The van der Waals surface area contributed by atoms with Crippen molar-refractivity contribution in [3.8, 4) is 5.75 Å². The zero-order valence-electron chi connectivity index (χ0n) is 11.5. The van der Waals surface area contributed by atoms with Crippen LogP contribution >= 0.6 is 0 Å². The van der Waals surface area contributed by atoms with E-state index in [0.29, 0.717) is 23.7 Å². The summed E-state index contributed by atoms with van der Waals surface area (Å²) in [5, 5.41) is 3.84. The van der Waals surface area contributed by atoms with E-state index in [0.717, 1.165) is 5.76 Å². The molecule has 1 aromatic heterocycles. The van der Waals surface area contributed by atoms with Gasteiger partial charge in [0.2, 0.25) is 0 Å². The molecule has 0 atom stereocenters. The number of anilines is 1. The molecule has 0 saturated heterocycles. The number of hydrogen-bond donors (Lipinski definition) is 1. The molecule has 1 amide bonds. The number of ether oxygens (including phenoxy) is 1. The number of carbonyl (C=O) groups is 1. The Bertz CT molecular complexity index is 578. The Morgan fingerprint density at radius 1 is 1.40 bits per heavy atom. The fourth-order valence-electron chi connectivity index (χ4n) is 1.64. The first-order valence-corrected chi connectivity index (χ1v) is 6.19. The molecule has 2 N–H and O–H groups in total. The van der Waals surface area contributed by atoms with Gasteiger partial charge in [0.15, 0.2) is 6.61 Å². The number of carbonyl (C=O) groups excluding carboxylic acids is 1. The van der Waals surface area contributed by atoms with E-state index in [4.69, 9.17) is 15.0 Å². The third-order valence-electron chi connectivity index (χ3n) is 2.74. The molecule has 0 unspecified atom stereocenters. The molecule has 20 heavy (non-hydrogen) atoms. The van der Waals surface area contributed by atoms with Gasteiger partial charge in [-0.2, -0.15) is 0 Å². The van der Waals surface area contributed by atoms with Crippen LogP contribution in [0.5, 0.6) is 5.75 Å². The summed E-state index contributed by atoms with van der Waals surface area (Å²) in [6.07, 6.45) is 0. The number of benzene rings is 1. The van der Waals surface area contributed by atoms with E-state index < -0.39 is 0 Å². The van der Waals surface area contributed by atoms with Crippen molar-refractivity contribution in [2.45, 2.75) is 13.5 Å². The molecule has 0 bridgehead atoms. The molecule has 106 valence electrons. The van der Waals surface area contributed by atoms with Crippen LogP contribution in [-0.2, 0) is 11.3 Å². The van der Waals surface area contributed by atoms with E-state index >= 15 is 0 Å². The number of nitrogens with zero attached hydrogens (tertiary/aromatic N) is 2. The summed E-state index contributed by atoms with van der Waals surface area (Å²) in [6.45, 7) is 2.17. The molecule has 6 heteroatoms. The zero-order chi connectivity index (χ0) is 14.5. The van der Waals surface area contributed by atoms with Crippen LogP contribution in [0.4, 0.5) is 5.69 Å². The lowest BCUT2D eigenvalue weighted by atomic mass is 10.3. The summed E-state index contributed by atoms with van der Waals surface area (Å²) in [5.41, 5.74) is 6.94. The first kappa shape index (κ1) is 13.9. The van der Waals surface area contributed by atoms with Gasteiger partial charge in [0.1, 0.15) is 17.2 Å². The lowest BCUT2D eigenvalue weighted by Gasteiger charge is -2.15. The zero-order valence-corrected chi connectivity index (χ0v) is 11.5. The smallest absolute Gasteiger partial charge is 0.260 e. The van der Waals surface area contributed by atoms with E-state index in [1.165, 1.54) is 4.90 Å². The minimum absolute atomic E-state index is 0.0305. The number of nitrogen functional groups attached to an aromatic ring is 1. The van der Waals surface area contributed by atoms with Crippen molar-refractivity contribution < 1.29 is 14.1 Å². The largest absolute Gasteiger partial charge is 0.484 e. The Balaban J connectivity index is 1.83. The lowest BCUT2D eigenvalue weighted by Crippen LogP contribution is -2.31. The third kappa shape index (κ3) is 3.74. The second-order valence-electron chi connectivity index (χ2n) is 4.54. The van der Waals surface area contributed by atoms with Gasteiger partial charge < -0.3 is 19.9 Å². The quantitative estimate of drug-likeness (QED) is 0.838. The standard InChI is InChI=1S/C14H17N3O3/c1-10-7-12(16-20-10)8-17(2)14(18)9-19-13-5-3-11(15)4-6-13/h3-7H,8-9,15H2,1-2H3. The average Bonchev–Trinajstić information content (AvgIpc) is 2.83. The van der Waals surface area contributed by atoms with Crippen molar-refractivity contribution in [1.29, 1.82) is 0 Å². The molecule has 0 aliphatic heterocycles. The van der Waals surface area contributed by atoms with Gasteiger partial charge in [-0.05, 0) is 31.2 Å². The molecule has 6 nitrogen and oxygen atoms in total. The van der Waals surface area contributed by atoms with Crippen LogP contribution in [0.3, 0.4) is 0 Å². The van der Waals surface area contributed by atoms with Crippen molar-refractivity contribution in [2.75, 3.05) is 19.4 Å². The van der Waals surface area contributed by atoms with E-state index in [2.05, 4.69) is 5.16 Å². The number of rotatable bonds is 5. The van der Waals surface area contributed by atoms with Crippen LogP contribution in [0.25, 0.3) is 0 Å². The minimum Gasteiger partial charge on any atom is -0.484 e. The number of aromatic nitrogens is 1. The number of likely N-dealkylation sites (N-methyl/N-ethyl adjacent to an activating group) is 1. The molecule has 2 aromatic rings. The molecule has 0 aliphatic rings. The molecule has 0 spiro atoms. The summed E-state index contributed by atoms with van der Waals surface area (Å²) in [6, 6.07) is 8.70. The van der Waals surface area contributed by atoms with Gasteiger partial charge in [0.25, 0.3) is 5.91 Å². The van der Waals surface area contributed by atoms with Gasteiger partial charge in [-0.3, -0.25) is 4.79 Å². The lowest BCUT2D eigenvalue weighted by molar-refractivity contribution is -0.132. The molecule has 0 fully saturated rings. The van der Waals surface area contributed by atoms with Crippen LogP contribution in [-0.4, -0.2) is 29.6 Å². The molecular weight excluding hydrogens is 258 g/mol. The topological polar surface area (TPSA) is 81.6 Å². The maximum absolute atomic E-state index is 11.9. The van der Waals surface area contributed by atoms with Crippen molar-refractivity contribution in [1.82, 2.24) is 10.1 Å². The van der Waals surface area contributed by atoms with Crippen LogP contribution in [0.2, 0.25) is 0 Å². The first-order valence-electron chi connectivity index (χ1n) is 6.19. The van der Waals surface area contributed by atoms with Crippen LogP contribution < -0.4 is 10.5 Å². The summed E-state index contributed by atoms with van der Waals surface area (Å²) < 4.78 is 10.4. The van der Waals surface area contributed by atoms with Gasteiger partial charge in [-0.15, -0.1) is 0 Å². The van der Waals surface area contributed by atoms with Gasteiger partial charge in [-0.1, -0.05) is 5.16 Å². The Morgan fingerprint density at radius 3 is 2.70 bits per heavy atom. The summed E-state index contributed by atoms with van der Waals surface area (Å²) in [7, 11) is 1.69. The van der Waals surface area contributed by atoms with Gasteiger partial charge in [0, 0.05) is 18.8 Å². The van der Waals surface area contributed by atoms with Crippen LogP contribution in [0.15, 0.2) is 34.9 Å². The second-order valence-corrected chi connectivity index (χ2v) is 4.54. The van der Waals surface area contributed by atoms with Gasteiger partial charge in [-0.25, -0.2) is 0 Å². The van der Waals surface area contributed by atoms with Crippen molar-refractivity contribution in [3.05, 3.63) is 41.8 Å². The first-order chi connectivity index (χ1) is 9.54. The molecular formula is C14H17N3O3. The number of amides is 1. The van der Waals surface area contributed by atoms with Gasteiger partial charge >= 0.3 is 0 Å². The summed E-state index contributed by atoms with van der Waals surface area (Å²) in [4.78, 5) is 13.4. The Kier molecular flexibility index (Phi) is 4.24. The number of nitrogens with two attached hydrogens (primary N) is 1. The molecule has 1 aromatic carbocycles. The van der Waals surface area contributed by atoms with E-state index in [1.807, 2.05) is 6.92 Å². The molecule has 0 radical (unpaired) electrons. The van der Waals surface area contributed by atoms with Crippen molar-refractivity contribution in [3.63, 3.8) is 0 Å². The highest BCUT2D eigenvalue weighted by molar-refractivity contribution is 5.77. The normalized spacial score (nSPS) is 10.3. The summed E-state index contributed by atoms with van der Waals surface area (Å²) >= 11 is 0. The predicted octanol–water partition coefficient (Wildman–Crippen LogP) is 1.60. The van der Waals surface area contributed by atoms with E-state index in [1.54, 1.807) is 37.4 Å². The Labute approximate surface area is 117 Å². The van der Waals surface area contributed by atoms with Crippen LogP contribution in [0.1, 0.15) is 11.5 Å². The maximum atomic E-state index is 11.9. The monoisotopic (exact) mass is 275 g/mol. The fraction of sp³-hybridized carbons (Fsp3) is 0.286. The fourth-order valence-corrected chi connectivity index (χ4v) is 1.64. The summed E-state index contributed by atoms with van der Waals surface area (Å²) in [5.74, 6) is 1.19. The highest BCUT2D eigenvalue weighted by Crippen LogP contribution is 2.13. The second kappa shape index (κ2) is 6.10. The number of aryl methyl sites for hydroxylation is 1. The molecule has 1 heterocycles. The molecule has 2 rings (SSSR count). The minimum atomic E-state index is -0.137. The Morgan fingerprint density at radius 2 is 2.10 bits per heavy atom. The van der Waals surface area contributed by atoms with E-state index in [-0.39, 0.29) is 12.5 Å². The average molecular weight is 275 g/mol. The van der Waals surface area contributed by atoms with Crippen molar-refractivity contribution >= 4 is 11.6 Å². The van der Waals surface area contributed by atoms with E-state index in [9.17, 15) is 4.79 Å². The van der Waals surface area contributed by atoms with Gasteiger partial charge in [0.05, 0.1) is 6.54 Å². The van der Waals surface area contributed by atoms with Crippen LogP contribution in [0, 0.1) is 6.92 Å². The predicted molar refractivity (Wildman–Crippen MR) is 74.1 cm³/mol. The molecule has 0 aliphatic carbocycles. The van der Waals surface area contributed by atoms with Crippen molar-refractivity contribution in [2.24, 2.45) is 0 Å². The highest BCUT2D eigenvalue weighted by atomic mass is 16.5.